The number of aryl methyl sites for hydroxylation is 4. The molecule has 0 aliphatic rings. The topological polar surface area (TPSA) is 0 Å². The number of benzene rings is 3. The van der Waals surface area contributed by atoms with Gasteiger partial charge in [0.1, 0.15) is 0 Å². The highest BCUT2D eigenvalue weighted by Crippen LogP contribution is 2.19. The van der Waals surface area contributed by atoms with Crippen LogP contribution < -0.4 is 0 Å². The lowest BCUT2D eigenvalue weighted by Gasteiger charge is -2.02. The van der Waals surface area contributed by atoms with E-state index in [2.05, 4.69) is 100 Å². The summed E-state index contributed by atoms with van der Waals surface area (Å²) in [6.45, 7) is 8.41. The highest BCUT2D eigenvalue weighted by atomic mass is 14.0. The molecule has 0 aliphatic heterocycles. The van der Waals surface area contributed by atoms with Gasteiger partial charge >= 0.3 is 0 Å². The predicted octanol–water partition coefficient (Wildman–Crippen LogP) is 7.55. The van der Waals surface area contributed by atoms with Gasteiger partial charge in [0, 0.05) is 0 Å². The van der Waals surface area contributed by atoms with Crippen molar-refractivity contribution in [1.82, 2.24) is 0 Å². The van der Waals surface area contributed by atoms with Gasteiger partial charge in [-0.25, -0.2) is 0 Å². The summed E-state index contributed by atoms with van der Waals surface area (Å²) in [7, 11) is 0. The van der Waals surface area contributed by atoms with Crippen molar-refractivity contribution in [3.05, 3.63) is 95.1 Å². The van der Waals surface area contributed by atoms with Crippen molar-refractivity contribution in [2.24, 2.45) is 0 Å². The molecule has 0 nitrogen and oxygen atoms in total. The molecule has 0 bridgehead atoms. The Labute approximate surface area is 149 Å². The quantitative estimate of drug-likeness (QED) is 0.434. The van der Waals surface area contributed by atoms with Crippen molar-refractivity contribution < 1.29 is 0 Å². The minimum Gasteiger partial charge on any atom is -0.0776 e. The largest absolute Gasteiger partial charge is 0.0776 e. The van der Waals surface area contributed by atoms with Crippen molar-refractivity contribution in [2.45, 2.75) is 42.5 Å². The Morgan fingerprint density at radius 2 is 0.500 bits per heavy atom. The van der Waals surface area contributed by atoms with Crippen molar-refractivity contribution >= 4 is 0 Å². The third-order valence-electron chi connectivity index (χ3n) is 3.65. The molecular weight excluding hydrogens is 288 g/mol. The zero-order chi connectivity index (χ0) is 15.9. The average Bonchev–Trinajstić information content (AvgIpc) is 2.53. The Morgan fingerprint density at radius 3 is 0.708 bits per heavy atom. The number of hydrogen-bond donors (Lipinski definition) is 0. The molecule has 0 radical (unpaired) electrons. The summed E-state index contributed by atoms with van der Waals surface area (Å²) in [5.41, 5.74) is 7.85. The van der Waals surface area contributed by atoms with Gasteiger partial charge < -0.3 is 0 Å². The first-order valence-electron chi connectivity index (χ1n) is 7.71. The molecule has 3 aromatic rings. The maximum atomic E-state index is 2.17. The highest BCUT2D eigenvalue weighted by Gasteiger charge is 1.95. The van der Waals surface area contributed by atoms with Crippen LogP contribution in [0.5, 0.6) is 0 Å². The molecule has 0 heterocycles. The third kappa shape index (κ3) is 6.83. The van der Waals surface area contributed by atoms with Gasteiger partial charge in [-0.15, -0.1) is 0 Å². The second kappa shape index (κ2) is 10.4. The lowest BCUT2D eigenvalue weighted by molar-refractivity contribution is 1.40. The maximum absolute atomic E-state index is 2.17. The third-order valence-corrected chi connectivity index (χ3v) is 3.65. The average molecular weight is 321 g/mol. The lowest BCUT2D eigenvalue weighted by atomic mass is 10.0. The monoisotopic (exact) mass is 320 g/mol. The molecule has 24 heavy (non-hydrogen) atoms. The van der Waals surface area contributed by atoms with Crippen molar-refractivity contribution in [1.29, 1.82) is 0 Å². The highest BCUT2D eigenvalue weighted by molar-refractivity contribution is 5.63. The molecule has 0 saturated heterocycles. The fourth-order valence-corrected chi connectivity index (χ4v) is 2.13. The van der Waals surface area contributed by atoms with Gasteiger partial charge in [0.2, 0.25) is 0 Å². The Hall–Kier alpha value is -2.34. The van der Waals surface area contributed by atoms with E-state index in [1.165, 1.54) is 33.4 Å². The molecule has 128 valence electrons. The van der Waals surface area contributed by atoms with E-state index < -0.39 is 0 Å². The molecule has 0 fully saturated rings. The maximum Gasteiger partial charge on any atom is -0.0184 e. The molecule has 0 unspecified atom stereocenters. The van der Waals surface area contributed by atoms with Gasteiger partial charge in [-0.2, -0.15) is 0 Å². The first kappa shape index (κ1) is 21.7. The Balaban J connectivity index is 0.000000460. The lowest BCUT2D eigenvalue weighted by Crippen LogP contribution is -1.78. The second-order valence-electron chi connectivity index (χ2n) is 5.89. The molecule has 0 atom stereocenters. The molecule has 0 N–H and O–H groups in total. The zero-order valence-corrected chi connectivity index (χ0v) is 13.9. The zero-order valence-electron chi connectivity index (χ0n) is 13.9. The van der Waals surface area contributed by atoms with E-state index in [0.29, 0.717) is 0 Å². The SMILES string of the molecule is C.C.Cc1ccc(-c2ccc(C)cc2)cc1.Cc1ccc(C)cc1. The van der Waals surface area contributed by atoms with E-state index in [-0.39, 0.29) is 14.9 Å². The summed E-state index contributed by atoms with van der Waals surface area (Å²) < 4.78 is 0. The van der Waals surface area contributed by atoms with Crippen LogP contribution in [0.25, 0.3) is 11.1 Å². The van der Waals surface area contributed by atoms with Crippen LogP contribution in [0.1, 0.15) is 37.1 Å². The smallest absolute Gasteiger partial charge is 0.0184 e. The van der Waals surface area contributed by atoms with Crippen LogP contribution in [0.3, 0.4) is 0 Å². The van der Waals surface area contributed by atoms with E-state index in [0.717, 1.165) is 0 Å². The number of rotatable bonds is 1. The molecule has 3 aromatic carbocycles. The van der Waals surface area contributed by atoms with E-state index in [9.17, 15) is 0 Å². The second-order valence-corrected chi connectivity index (χ2v) is 5.89. The molecule has 0 aromatic heterocycles. The van der Waals surface area contributed by atoms with Gasteiger partial charge in [0.25, 0.3) is 0 Å². The summed E-state index contributed by atoms with van der Waals surface area (Å²) in [5, 5.41) is 0. The van der Waals surface area contributed by atoms with Gasteiger partial charge in [-0.05, 0) is 38.8 Å². The van der Waals surface area contributed by atoms with E-state index >= 15 is 0 Å². The van der Waals surface area contributed by atoms with Crippen LogP contribution in [0, 0.1) is 27.7 Å². The molecule has 0 heteroatoms. The Kier molecular flexibility index (Phi) is 9.42. The van der Waals surface area contributed by atoms with Crippen molar-refractivity contribution in [3.63, 3.8) is 0 Å². The summed E-state index contributed by atoms with van der Waals surface area (Å²) in [6.07, 6.45) is 0. The fourth-order valence-electron chi connectivity index (χ4n) is 2.13. The van der Waals surface area contributed by atoms with Gasteiger partial charge in [-0.1, -0.05) is 110 Å². The predicted molar refractivity (Wildman–Crippen MR) is 111 cm³/mol. The number of hydrogen-bond acceptors (Lipinski definition) is 0. The normalized spacial score (nSPS) is 9.00. The molecule has 0 saturated carbocycles. The van der Waals surface area contributed by atoms with Gasteiger partial charge in [0.05, 0.1) is 0 Å². The van der Waals surface area contributed by atoms with Crippen LogP contribution in [0.4, 0.5) is 0 Å². The molecule has 0 spiro atoms. The summed E-state index contributed by atoms with van der Waals surface area (Å²) in [5.74, 6) is 0. The molecule has 0 aliphatic carbocycles. The fraction of sp³-hybridized carbons (Fsp3) is 0.250. The standard InChI is InChI=1S/C14H14.C8H10.2CH4/c1-11-3-7-13(8-4-11)14-9-5-12(2)6-10-14;1-7-3-5-8(2)6-4-7;;/h3-10H,1-2H3;3-6H,1-2H3;2*1H4. The van der Waals surface area contributed by atoms with Crippen LogP contribution in [0.2, 0.25) is 0 Å². The Bertz CT molecular complexity index is 622. The minimum absolute atomic E-state index is 0. The van der Waals surface area contributed by atoms with E-state index in [1.807, 2.05) is 0 Å². The van der Waals surface area contributed by atoms with Crippen molar-refractivity contribution in [2.75, 3.05) is 0 Å². The first-order valence-corrected chi connectivity index (χ1v) is 7.71. The van der Waals surface area contributed by atoms with Crippen LogP contribution >= 0.6 is 0 Å². The summed E-state index contributed by atoms with van der Waals surface area (Å²) >= 11 is 0. The van der Waals surface area contributed by atoms with Crippen LogP contribution in [0.15, 0.2) is 72.8 Å². The molecule has 0 amide bonds. The van der Waals surface area contributed by atoms with Crippen LogP contribution in [-0.2, 0) is 0 Å². The minimum atomic E-state index is 0. The van der Waals surface area contributed by atoms with Crippen LogP contribution in [-0.4, -0.2) is 0 Å². The van der Waals surface area contributed by atoms with E-state index in [4.69, 9.17) is 0 Å². The van der Waals surface area contributed by atoms with Gasteiger partial charge in [-0.3, -0.25) is 0 Å². The summed E-state index contributed by atoms with van der Waals surface area (Å²) in [6, 6.07) is 25.7. The molecular formula is C24H32. The van der Waals surface area contributed by atoms with Crippen molar-refractivity contribution in [3.8, 4) is 11.1 Å². The first-order chi connectivity index (χ1) is 10.5. The van der Waals surface area contributed by atoms with E-state index in [1.54, 1.807) is 0 Å². The van der Waals surface area contributed by atoms with Gasteiger partial charge in [0.15, 0.2) is 0 Å². The molecule has 3 rings (SSSR count). The summed E-state index contributed by atoms with van der Waals surface area (Å²) in [4.78, 5) is 0. The Morgan fingerprint density at radius 1 is 0.333 bits per heavy atom.